The number of nitrogens with zero attached hydrogens (tertiary/aromatic N) is 1. The number of carboxylic acid groups (broad SMARTS) is 1. The Balaban J connectivity index is 1.82. The maximum atomic E-state index is 12.1. The van der Waals surface area contributed by atoms with Gasteiger partial charge in [-0.3, -0.25) is 9.59 Å². The minimum absolute atomic E-state index is 0.0527. The number of hydrogen-bond acceptors (Lipinski definition) is 4. The molecule has 1 aliphatic rings. The zero-order valence-corrected chi connectivity index (χ0v) is 11.9. The molecule has 0 aliphatic carbocycles. The summed E-state index contributed by atoms with van der Waals surface area (Å²) < 4.78 is 10.8. The van der Waals surface area contributed by atoms with Crippen molar-refractivity contribution in [3.8, 4) is 5.75 Å². The van der Waals surface area contributed by atoms with Gasteiger partial charge in [0.2, 0.25) is 0 Å². The molecule has 1 N–H and O–H groups in total. The molecule has 2 rings (SSSR count). The molecule has 6 nitrogen and oxygen atoms in total. The number of ether oxygens (including phenoxy) is 2. The van der Waals surface area contributed by atoms with Crippen molar-refractivity contribution >= 4 is 11.9 Å². The summed E-state index contributed by atoms with van der Waals surface area (Å²) in [5.41, 5.74) is 1.12. The number of hydrogen-bond donors (Lipinski definition) is 1. The largest absolute Gasteiger partial charge is 0.484 e. The lowest BCUT2D eigenvalue weighted by Crippen LogP contribution is -2.47. The van der Waals surface area contributed by atoms with Crippen LogP contribution in [0.1, 0.15) is 12.0 Å². The van der Waals surface area contributed by atoms with E-state index in [0.717, 1.165) is 5.56 Å². The summed E-state index contributed by atoms with van der Waals surface area (Å²) in [7, 11) is 0. The Hall–Kier alpha value is -2.08. The second kappa shape index (κ2) is 7.08. The van der Waals surface area contributed by atoms with Crippen LogP contribution in [0.25, 0.3) is 0 Å². The molecule has 1 heterocycles. The summed E-state index contributed by atoms with van der Waals surface area (Å²) in [6, 6.07) is 7.46. The number of carbonyl (C=O) groups excluding carboxylic acids is 1. The highest BCUT2D eigenvalue weighted by molar-refractivity contribution is 5.78. The van der Waals surface area contributed by atoms with E-state index < -0.39 is 12.1 Å². The molecule has 1 aliphatic heterocycles. The molecule has 1 amide bonds. The van der Waals surface area contributed by atoms with Gasteiger partial charge in [0.25, 0.3) is 5.91 Å². The Morgan fingerprint density at radius 1 is 1.38 bits per heavy atom. The number of amides is 1. The third-order valence-corrected chi connectivity index (χ3v) is 3.28. The van der Waals surface area contributed by atoms with E-state index >= 15 is 0 Å². The fourth-order valence-electron chi connectivity index (χ4n) is 2.13. The van der Waals surface area contributed by atoms with Crippen LogP contribution in [0.2, 0.25) is 0 Å². The average molecular weight is 293 g/mol. The third kappa shape index (κ3) is 4.75. The van der Waals surface area contributed by atoms with Crippen LogP contribution >= 0.6 is 0 Å². The zero-order chi connectivity index (χ0) is 15.2. The van der Waals surface area contributed by atoms with Gasteiger partial charge in [-0.2, -0.15) is 0 Å². The van der Waals surface area contributed by atoms with Crippen molar-refractivity contribution < 1.29 is 24.2 Å². The predicted molar refractivity (Wildman–Crippen MR) is 75.2 cm³/mol. The molecule has 0 radical (unpaired) electrons. The number of carboxylic acids is 1. The molecule has 0 saturated carbocycles. The van der Waals surface area contributed by atoms with E-state index in [2.05, 4.69) is 0 Å². The van der Waals surface area contributed by atoms with Crippen LogP contribution in [0.3, 0.4) is 0 Å². The molecule has 21 heavy (non-hydrogen) atoms. The molecule has 1 unspecified atom stereocenters. The van der Waals surface area contributed by atoms with E-state index in [9.17, 15) is 9.59 Å². The molecule has 6 heteroatoms. The number of benzene rings is 1. The van der Waals surface area contributed by atoms with Gasteiger partial charge < -0.3 is 19.5 Å². The summed E-state index contributed by atoms with van der Waals surface area (Å²) in [5, 5.41) is 8.76. The number of aryl methyl sites for hydroxylation is 1. The van der Waals surface area contributed by atoms with Crippen LogP contribution in [0.15, 0.2) is 24.3 Å². The van der Waals surface area contributed by atoms with Gasteiger partial charge in [-0.25, -0.2) is 0 Å². The summed E-state index contributed by atoms with van der Waals surface area (Å²) in [5.74, 6) is -0.441. The van der Waals surface area contributed by atoms with Gasteiger partial charge in [-0.1, -0.05) is 17.7 Å². The molecule has 1 saturated heterocycles. The topological polar surface area (TPSA) is 76.1 Å². The van der Waals surface area contributed by atoms with Gasteiger partial charge in [-0.15, -0.1) is 0 Å². The minimum Gasteiger partial charge on any atom is -0.484 e. The van der Waals surface area contributed by atoms with Crippen LogP contribution in [-0.4, -0.2) is 54.3 Å². The van der Waals surface area contributed by atoms with Crippen LogP contribution in [0.5, 0.6) is 5.75 Å². The quantitative estimate of drug-likeness (QED) is 0.879. The lowest BCUT2D eigenvalue weighted by atomic mass is 10.2. The van der Waals surface area contributed by atoms with Crippen molar-refractivity contribution in [2.24, 2.45) is 0 Å². The van der Waals surface area contributed by atoms with Crippen LogP contribution in [0, 0.1) is 6.92 Å². The lowest BCUT2D eigenvalue weighted by molar-refractivity contribution is -0.148. The van der Waals surface area contributed by atoms with Crippen molar-refractivity contribution in [1.82, 2.24) is 4.90 Å². The highest BCUT2D eigenvalue weighted by atomic mass is 16.5. The van der Waals surface area contributed by atoms with E-state index in [-0.39, 0.29) is 18.9 Å². The van der Waals surface area contributed by atoms with Crippen molar-refractivity contribution in [3.05, 3.63) is 29.8 Å². The maximum absolute atomic E-state index is 12.1. The van der Waals surface area contributed by atoms with Crippen molar-refractivity contribution in [3.63, 3.8) is 0 Å². The fourth-order valence-corrected chi connectivity index (χ4v) is 2.13. The first-order chi connectivity index (χ1) is 10.0. The van der Waals surface area contributed by atoms with E-state index in [1.807, 2.05) is 31.2 Å². The Morgan fingerprint density at radius 3 is 2.76 bits per heavy atom. The van der Waals surface area contributed by atoms with Gasteiger partial charge in [0, 0.05) is 13.1 Å². The third-order valence-electron chi connectivity index (χ3n) is 3.28. The van der Waals surface area contributed by atoms with E-state index in [0.29, 0.717) is 25.4 Å². The lowest BCUT2D eigenvalue weighted by Gasteiger charge is -2.32. The first-order valence-electron chi connectivity index (χ1n) is 6.85. The molecular formula is C15H19NO5. The molecule has 1 aromatic carbocycles. The zero-order valence-electron chi connectivity index (χ0n) is 11.9. The van der Waals surface area contributed by atoms with Gasteiger partial charge in [0.05, 0.1) is 19.1 Å². The molecule has 0 spiro atoms. The van der Waals surface area contributed by atoms with E-state index in [1.165, 1.54) is 0 Å². The van der Waals surface area contributed by atoms with E-state index in [1.54, 1.807) is 4.90 Å². The van der Waals surface area contributed by atoms with Gasteiger partial charge in [0.1, 0.15) is 5.75 Å². The second-order valence-corrected chi connectivity index (χ2v) is 5.03. The van der Waals surface area contributed by atoms with Gasteiger partial charge in [0.15, 0.2) is 6.61 Å². The number of morpholine rings is 1. The monoisotopic (exact) mass is 293 g/mol. The smallest absolute Gasteiger partial charge is 0.306 e. The van der Waals surface area contributed by atoms with Crippen LogP contribution in [-0.2, 0) is 14.3 Å². The molecule has 1 aromatic rings. The Labute approximate surface area is 123 Å². The standard InChI is InChI=1S/C15H19NO5/c1-11-2-4-12(5-3-11)21-10-14(17)16-6-7-20-13(9-16)8-15(18)19/h2-5,13H,6-10H2,1H3,(H,18,19). The fraction of sp³-hybridized carbons (Fsp3) is 0.467. The van der Waals surface area contributed by atoms with Gasteiger partial charge >= 0.3 is 5.97 Å². The average Bonchev–Trinajstić information content (AvgIpc) is 2.46. The first-order valence-corrected chi connectivity index (χ1v) is 6.85. The number of rotatable bonds is 5. The Kier molecular flexibility index (Phi) is 5.16. The molecule has 1 atom stereocenters. The number of aliphatic carboxylic acids is 1. The SMILES string of the molecule is Cc1ccc(OCC(=O)N2CCOC(CC(=O)O)C2)cc1. The molecule has 1 fully saturated rings. The van der Waals surface area contributed by atoms with Crippen molar-refractivity contribution in [1.29, 1.82) is 0 Å². The van der Waals surface area contributed by atoms with Gasteiger partial charge in [-0.05, 0) is 19.1 Å². The van der Waals surface area contributed by atoms with Crippen molar-refractivity contribution in [2.45, 2.75) is 19.4 Å². The summed E-state index contributed by atoms with van der Waals surface area (Å²) in [6.07, 6.45) is -0.539. The molecule has 0 aromatic heterocycles. The predicted octanol–water partition coefficient (Wildman–Crippen LogP) is 1.08. The number of carbonyl (C=O) groups is 2. The maximum Gasteiger partial charge on any atom is 0.306 e. The van der Waals surface area contributed by atoms with Crippen molar-refractivity contribution in [2.75, 3.05) is 26.3 Å². The molecule has 114 valence electrons. The van der Waals surface area contributed by atoms with E-state index in [4.69, 9.17) is 14.6 Å². The highest BCUT2D eigenvalue weighted by Gasteiger charge is 2.26. The second-order valence-electron chi connectivity index (χ2n) is 5.03. The highest BCUT2D eigenvalue weighted by Crippen LogP contribution is 2.13. The Bertz CT molecular complexity index is 499. The molecular weight excluding hydrogens is 274 g/mol. The summed E-state index contributed by atoms with van der Waals surface area (Å²) in [6.45, 7) is 3.04. The first kappa shape index (κ1) is 15.3. The summed E-state index contributed by atoms with van der Waals surface area (Å²) >= 11 is 0. The normalized spacial score (nSPS) is 18.3. The van der Waals surface area contributed by atoms with Crippen LogP contribution < -0.4 is 4.74 Å². The Morgan fingerprint density at radius 2 is 2.10 bits per heavy atom. The van der Waals surface area contributed by atoms with Crippen LogP contribution in [0.4, 0.5) is 0 Å². The summed E-state index contributed by atoms with van der Waals surface area (Å²) in [4.78, 5) is 24.3. The molecule has 0 bridgehead atoms. The minimum atomic E-state index is -0.926.